The van der Waals surface area contributed by atoms with Crippen LogP contribution in [0.2, 0.25) is 0 Å². The van der Waals surface area contributed by atoms with E-state index in [-0.39, 0.29) is 5.82 Å². The molecule has 0 aliphatic rings. The zero-order chi connectivity index (χ0) is 13.1. The summed E-state index contributed by atoms with van der Waals surface area (Å²) in [5, 5.41) is 3.74. The predicted octanol–water partition coefficient (Wildman–Crippen LogP) is 3.38. The van der Waals surface area contributed by atoms with Gasteiger partial charge in [-0.25, -0.2) is 9.37 Å². The fourth-order valence-electron chi connectivity index (χ4n) is 2.10. The molecule has 2 aromatic rings. The van der Waals surface area contributed by atoms with Crippen molar-refractivity contribution < 1.29 is 9.13 Å². The van der Waals surface area contributed by atoms with Crippen LogP contribution >= 0.6 is 0 Å². The van der Waals surface area contributed by atoms with Crippen LogP contribution in [0.4, 0.5) is 10.2 Å². The number of fused-ring (bicyclic) bond motifs is 1. The Morgan fingerprint density at radius 3 is 2.78 bits per heavy atom. The minimum absolute atomic E-state index is 0.328. The second-order valence-corrected chi connectivity index (χ2v) is 4.14. The molecule has 1 aromatic heterocycles. The largest absolute Gasteiger partial charge is 0.496 e. The Hall–Kier alpha value is -1.84. The van der Waals surface area contributed by atoms with E-state index in [2.05, 4.69) is 17.2 Å². The molecule has 0 saturated carbocycles. The van der Waals surface area contributed by atoms with Crippen LogP contribution in [0.15, 0.2) is 18.2 Å². The van der Waals surface area contributed by atoms with Gasteiger partial charge in [-0.05, 0) is 30.2 Å². The number of rotatable bonds is 4. The maximum Gasteiger partial charge on any atom is 0.149 e. The van der Waals surface area contributed by atoms with E-state index in [1.54, 1.807) is 20.2 Å². The molecule has 4 heteroatoms. The summed E-state index contributed by atoms with van der Waals surface area (Å²) >= 11 is 0. The van der Waals surface area contributed by atoms with Crippen molar-refractivity contribution >= 4 is 16.7 Å². The molecular formula is C14H17FN2O. The third-order valence-electron chi connectivity index (χ3n) is 2.95. The van der Waals surface area contributed by atoms with Crippen molar-refractivity contribution in [3.8, 4) is 5.75 Å². The lowest BCUT2D eigenvalue weighted by molar-refractivity contribution is 0.419. The summed E-state index contributed by atoms with van der Waals surface area (Å²) in [5.74, 6) is 1.06. The molecule has 0 amide bonds. The Labute approximate surface area is 106 Å². The van der Waals surface area contributed by atoms with Crippen molar-refractivity contribution in [3.05, 3.63) is 29.6 Å². The molecular weight excluding hydrogens is 231 g/mol. The van der Waals surface area contributed by atoms with Gasteiger partial charge in [-0.1, -0.05) is 13.3 Å². The monoisotopic (exact) mass is 248 g/mol. The van der Waals surface area contributed by atoms with Crippen molar-refractivity contribution in [2.24, 2.45) is 0 Å². The van der Waals surface area contributed by atoms with Crippen LogP contribution in [0.1, 0.15) is 18.9 Å². The molecule has 1 heterocycles. The van der Waals surface area contributed by atoms with Gasteiger partial charge in [0.2, 0.25) is 0 Å². The average Bonchev–Trinajstić information content (AvgIpc) is 2.39. The highest BCUT2D eigenvalue weighted by Crippen LogP contribution is 2.30. The summed E-state index contributed by atoms with van der Waals surface area (Å²) in [5.41, 5.74) is 1.43. The van der Waals surface area contributed by atoms with Crippen LogP contribution in [0.25, 0.3) is 10.9 Å². The number of hydrogen-bond donors (Lipinski definition) is 1. The Morgan fingerprint density at radius 2 is 2.17 bits per heavy atom. The van der Waals surface area contributed by atoms with Crippen LogP contribution in [-0.2, 0) is 6.42 Å². The van der Waals surface area contributed by atoms with Gasteiger partial charge < -0.3 is 10.1 Å². The number of nitrogens with zero attached hydrogens (tertiary/aromatic N) is 1. The van der Waals surface area contributed by atoms with E-state index in [0.29, 0.717) is 11.3 Å². The molecule has 18 heavy (non-hydrogen) atoms. The minimum atomic E-state index is -0.328. The molecule has 0 bridgehead atoms. The maximum absolute atomic E-state index is 13.8. The molecule has 0 radical (unpaired) electrons. The average molecular weight is 248 g/mol. The van der Waals surface area contributed by atoms with Crippen molar-refractivity contribution in [2.75, 3.05) is 19.5 Å². The molecule has 1 aromatic carbocycles. The normalized spacial score (nSPS) is 10.7. The molecule has 0 unspecified atom stereocenters. The molecule has 0 aliphatic carbocycles. The second-order valence-electron chi connectivity index (χ2n) is 4.14. The zero-order valence-electron chi connectivity index (χ0n) is 10.9. The summed E-state index contributed by atoms with van der Waals surface area (Å²) in [4.78, 5) is 4.35. The quantitative estimate of drug-likeness (QED) is 0.900. The first kappa shape index (κ1) is 12.6. The number of anilines is 1. The number of benzene rings is 1. The predicted molar refractivity (Wildman–Crippen MR) is 71.8 cm³/mol. The summed E-state index contributed by atoms with van der Waals surface area (Å²) < 4.78 is 19.1. The topological polar surface area (TPSA) is 34.1 Å². The molecule has 3 nitrogen and oxygen atoms in total. The molecule has 0 atom stereocenters. The van der Waals surface area contributed by atoms with Gasteiger partial charge in [-0.2, -0.15) is 0 Å². The van der Waals surface area contributed by atoms with Crippen molar-refractivity contribution in [2.45, 2.75) is 19.8 Å². The van der Waals surface area contributed by atoms with Crippen LogP contribution in [0.5, 0.6) is 5.75 Å². The molecule has 96 valence electrons. The third kappa shape index (κ3) is 2.10. The smallest absolute Gasteiger partial charge is 0.149 e. The molecule has 1 N–H and O–H groups in total. The van der Waals surface area contributed by atoms with Crippen LogP contribution in [-0.4, -0.2) is 19.1 Å². The number of pyridine rings is 1. The lowest BCUT2D eigenvalue weighted by atomic mass is 10.1. The van der Waals surface area contributed by atoms with Crippen LogP contribution in [0.3, 0.4) is 0 Å². The van der Waals surface area contributed by atoms with E-state index in [1.165, 1.54) is 6.07 Å². The standard InChI is InChI=1S/C14H17FN2O/c1-4-5-9-8-10-12(18-3)7-6-11(15)13(10)17-14(9)16-2/h6-8H,4-5H2,1-3H3,(H,16,17). The van der Waals surface area contributed by atoms with E-state index in [9.17, 15) is 4.39 Å². The number of hydrogen-bond acceptors (Lipinski definition) is 3. The van der Waals surface area contributed by atoms with Crippen LogP contribution < -0.4 is 10.1 Å². The van der Waals surface area contributed by atoms with Gasteiger partial charge in [0.25, 0.3) is 0 Å². The first-order chi connectivity index (χ1) is 8.71. The van der Waals surface area contributed by atoms with E-state index in [4.69, 9.17) is 4.74 Å². The second kappa shape index (κ2) is 5.21. The third-order valence-corrected chi connectivity index (χ3v) is 2.95. The minimum Gasteiger partial charge on any atom is -0.496 e. The molecule has 0 fully saturated rings. The summed E-state index contributed by atoms with van der Waals surface area (Å²) in [6, 6.07) is 4.97. The maximum atomic E-state index is 13.8. The first-order valence-electron chi connectivity index (χ1n) is 6.05. The summed E-state index contributed by atoms with van der Waals surface area (Å²) in [6.07, 6.45) is 1.91. The number of ether oxygens (including phenoxy) is 1. The Morgan fingerprint density at radius 1 is 1.39 bits per heavy atom. The fraction of sp³-hybridized carbons (Fsp3) is 0.357. The Bertz CT molecular complexity index is 569. The number of aryl methyl sites for hydroxylation is 1. The highest BCUT2D eigenvalue weighted by molar-refractivity contribution is 5.88. The van der Waals surface area contributed by atoms with E-state index < -0.39 is 0 Å². The van der Waals surface area contributed by atoms with E-state index in [1.807, 2.05) is 6.07 Å². The Balaban J connectivity index is 2.73. The number of methoxy groups -OCH3 is 1. The van der Waals surface area contributed by atoms with Gasteiger partial charge in [0.1, 0.15) is 22.9 Å². The number of nitrogens with one attached hydrogen (secondary N) is 1. The highest BCUT2D eigenvalue weighted by Gasteiger charge is 2.12. The van der Waals surface area contributed by atoms with Gasteiger partial charge in [0.05, 0.1) is 7.11 Å². The lowest BCUT2D eigenvalue weighted by Crippen LogP contribution is -2.01. The first-order valence-corrected chi connectivity index (χ1v) is 6.05. The number of aromatic nitrogens is 1. The van der Waals surface area contributed by atoms with Crippen molar-refractivity contribution in [3.63, 3.8) is 0 Å². The van der Waals surface area contributed by atoms with Gasteiger partial charge >= 0.3 is 0 Å². The highest BCUT2D eigenvalue weighted by atomic mass is 19.1. The lowest BCUT2D eigenvalue weighted by Gasteiger charge is -2.12. The van der Waals surface area contributed by atoms with Gasteiger partial charge in [0, 0.05) is 12.4 Å². The van der Waals surface area contributed by atoms with Crippen LogP contribution in [0, 0.1) is 5.82 Å². The van der Waals surface area contributed by atoms with E-state index >= 15 is 0 Å². The van der Waals surface area contributed by atoms with E-state index in [0.717, 1.165) is 29.6 Å². The molecule has 0 spiro atoms. The SMILES string of the molecule is CCCc1cc2c(OC)ccc(F)c2nc1NC. The van der Waals surface area contributed by atoms with Gasteiger partial charge in [-0.3, -0.25) is 0 Å². The van der Waals surface area contributed by atoms with Gasteiger partial charge in [0.15, 0.2) is 0 Å². The number of halogens is 1. The molecule has 0 saturated heterocycles. The fourth-order valence-corrected chi connectivity index (χ4v) is 2.10. The summed E-state index contributed by atoms with van der Waals surface area (Å²) in [6.45, 7) is 2.10. The Kier molecular flexibility index (Phi) is 3.65. The van der Waals surface area contributed by atoms with Crippen molar-refractivity contribution in [1.82, 2.24) is 4.98 Å². The zero-order valence-corrected chi connectivity index (χ0v) is 10.9. The van der Waals surface area contributed by atoms with Gasteiger partial charge in [-0.15, -0.1) is 0 Å². The summed E-state index contributed by atoms with van der Waals surface area (Å²) in [7, 11) is 3.38. The molecule has 0 aliphatic heterocycles. The molecule has 2 rings (SSSR count). The van der Waals surface area contributed by atoms with Crippen molar-refractivity contribution in [1.29, 1.82) is 0 Å².